The monoisotopic (exact) mass is 301 g/mol. The van der Waals surface area contributed by atoms with E-state index in [1.54, 1.807) is 24.4 Å². The topological polar surface area (TPSA) is 54.4 Å². The van der Waals surface area contributed by atoms with Gasteiger partial charge in [-0.1, -0.05) is 66.7 Å². The molecule has 0 radical (unpaired) electrons. The number of anilines is 1. The third kappa shape index (κ3) is 3.68. The van der Waals surface area contributed by atoms with Gasteiger partial charge in [-0.05, 0) is 12.1 Å². The molecule has 0 fully saturated rings. The van der Waals surface area contributed by atoms with Crippen molar-refractivity contribution >= 4 is 17.3 Å². The number of aromatic nitrogens is 1. The highest BCUT2D eigenvalue weighted by atomic mass is 16.1. The Morgan fingerprint density at radius 2 is 1.39 bits per heavy atom. The van der Waals surface area contributed by atoms with Gasteiger partial charge < -0.3 is 0 Å². The summed E-state index contributed by atoms with van der Waals surface area (Å²) in [5.74, 6) is 0.446. The number of hydrazone groups is 1. The lowest BCUT2D eigenvalue weighted by Gasteiger charge is -2.07. The van der Waals surface area contributed by atoms with Gasteiger partial charge in [-0.15, -0.1) is 0 Å². The molecule has 0 atom stereocenters. The quantitative estimate of drug-likeness (QED) is 0.443. The van der Waals surface area contributed by atoms with Gasteiger partial charge in [0.05, 0.1) is 0 Å². The zero-order valence-electron chi connectivity index (χ0n) is 12.4. The Balaban J connectivity index is 1.96. The zero-order valence-corrected chi connectivity index (χ0v) is 12.4. The number of nitrogens with zero attached hydrogens (tertiary/aromatic N) is 2. The van der Waals surface area contributed by atoms with Crippen molar-refractivity contribution in [3.8, 4) is 0 Å². The van der Waals surface area contributed by atoms with E-state index in [0.717, 1.165) is 5.56 Å². The lowest BCUT2D eigenvalue weighted by Crippen LogP contribution is -2.17. The Bertz CT molecular complexity index is 800. The summed E-state index contributed by atoms with van der Waals surface area (Å²) in [6, 6.07) is 24.0. The molecule has 0 spiro atoms. The Labute approximate surface area is 134 Å². The number of benzene rings is 2. The molecule has 112 valence electrons. The molecule has 0 saturated heterocycles. The van der Waals surface area contributed by atoms with Crippen LogP contribution in [0.15, 0.2) is 90.2 Å². The summed E-state index contributed by atoms with van der Waals surface area (Å²) in [4.78, 5) is 16.9. The van der Waals surface area contributed by atoms with Gasteiger partial charge >= 0.3 is 0 Å². The molecule has 1 heterocycles. The van der Waals surface area contributed by atoms with E-state index in [1.807, 2.05) is 60.7 Å². The summed E-state index contributed by atoms with van der Waals surface area (Å²) in [5, 5.41) is 4.30. The van der Waals surface area contributed by atoms with Crippen molar-refractivity contribution in [2.24, 2.45) is 5.10 Å². The molecule has 3 aromatic rings. The highest BCUT2D eigenvalue weighted by Gasteiger charge is 2.16. The number of rotatable bonds is 5. The van der Waals surface area contributed by atoms with Crippen LogP contribution in [0.4, 0.5) is 5.82 Å². The third-order valence-electron chi connectivity index (χ3n) is 3.25. The van der Waals surface area contributed by atoms with Crippen LogP contribution in [0.2, 0.25) is 0 Å². The molecule has 0 bridgehead atoms. The van der Waals surface area contributed by atoms with Crippen molar-refractivity contribution in [2.75, 3.05) is 5.43 Å². The molecule has 2 aromatic carbocycles. The molecule has 0 aliphatic carbocycles. The zero-order chi connectivity index (χ0) is 15.9. The van der Waals surface area contributed by atoms with Crippen molar-refractivity contribution in [1.29, 1.82) is 0 Å². The van der Waals surface area contributed by atoms with E-state index in [9.17, 15) is 4.79 Å². The molecule has 0 saturated carbocycles. The van der Waals surface area contributed by atoms with Crippen molar-refractivity contribution in [3.63, 3.8) is 0 Å². The first-order chi connectivity index (χ1) is 11.3. The van der Waals surface area contributed by atoms with Crippen molar-refractivity contribution < 1.29 is 4.79 Å². The van der Waals surface area contributed by atoms with E-state index in [1.165, 1.54) is 0 Å². The maximum Gasteiger partial charge on any atom is 0.213 e. The minimum Gasteiger partial charge on any atom is -0.287 e. The van der Waals surface area contributed by atoms with Crippen LogP contribution in [0.1, 0.15) is 15.9 Å². The van der Waals surface area contributed by atoms with Gasteiger partial charge in [0, 0.05) is 17.3 Å². The number of carbonyl (C=O) groups is 1. The Kier molecular flexibility index (Phi) is 4.55. The van der Waals surface area contributed by atoms with Crippen molar-refractivity contribution in [1.82, 2.24) is 4.98 Å². The fourth-order valence-corrected chi connectivity index (χ4v) is 2.11. The summed E-state index contributed by atoms with van der Waals surface area (Å²) >= 11 is 0. The van der Waals surface area contributed by atoms with Crippen LogP contribution in [-0.4, -0.2) is 16.5 Å². The van der Waals surface area contributed by atoms with Gasteiger partial charge in [-0.3, -0.25) is 10.2 Å². The number of hydrogen-bond acceptors (Lipinski definition) is 4. The first kappa shape index (κ1) is 14.7. The van der Waals surface area contributed by atoms with Crippen LogP contribution in [0.3, 0.4) is 0 Å². The van der Waals surface area contributed by atoms with Crippen LogP contribution >= 0.6 is 0 Å². The van der Waals surface area contributed by atoms with Gasteiger partial charge in [0.2, 0.25) is 5.78 Å². The summed E-state index contributed by atoms with van der Waals surface area (Å²) < 4.78 is 0. The average molecular weight is 301 g/mol. The minimum atomic E-state index is -0.139. The summed E-state index contributed by atoms with van der Waals surface area (Å²) in [5.41, 5.74) is 4.55. The van der Waals surface area contributed by atoms with E-state index in [0.29, 0.717) is 17.1 Å². The highest BCUT2D eigenvalue weighted by molar-refractivity contribution is 6.51. The summed E-state index contributed by atoms with van der Waals surface area (Å²) in [7, 11) is 0. The highest BCUT2D eigenvalue weighted by Crippen LogP contribution is 2.10. The number of carbonyl (C=O) groups excluding carboxylic acids is 1. The number of pyridine rings is 1. The molecular formula is C19H15N3O. The maximum atomic E-state index is 12.8. The second-order valence-corrected chi connectivity index (χ2v) is 4.85. The average Bonchev–Trinajstić information content (AvgIpc) is 2.64. The molecule has 1 aromatic heterocycles. The van der Waals surface area contributed by atoms with Crippen LogP contribution in [0.5, 0.6) is 0 Å². The molecule has 0 amide bonds. The fraction of sp³-hybridized carbons (Fsp3) is 0. The van der Waals surface area contributed by atoms with Gasteiger partial charge in [-0.2, -0.15) is 5.10 Å². The Morgan fingerprint density at radius 1 is 0.783 bits per heavy atom. The molecule has 3 rings (SSSR count). The standard InChI is InChI=1S/C19H15N3O/c23-19(16-11-5-2-6-12-16)18(15-9-3-1-4-10-15)22-21-17-13-7-8-14-20-17/h1-14H,(H,20,21). The maximum absolute atomic E-state index is 12.8. The molecular weight excluding hydrogens is 286 g/mol. The number of nitrogens with one attached hydrogen (secondary N) is 1. The van der Waals surface area contributed by atoms with Gasteiger partial charge in [0.25, 0.3) is 0 Å². The second-order valence-electron chi connectivity index (χ2n) is 4.85. The smallest absolute Gasteiger partial charge is 0.213 e. The first-order valence-corrected chi connectivity index (χ1v) is 7.24. The molecule has 0 aliphatic rings. The molecule has 1 N–H and O–H groups in total. The van der Waals surface area contributed by atoms with Gasteiger partial charge in [0.15, 0.2) is 0 Å². The molecule has 4 heteroatoms. The lowest BCUT2D eigenvalue weighted by molar-refractivity contribution is 0.106. The van der Waals surface area contributed by atoms with Crippen LogP contribution in [-0.2, 0) is 0 Å². The largest absolute Gasteiger partial charge is 0.287 e. The van der Waals surface area contributed by atoms with Crippen LogP contribution < -0.4 is 5.43 Å². The fourth-order valence-electron chi connectivity index (χ4n) is 2.11. The number of ketones is 1. The molecule has 0 unspecified atom stereocenters. The minimum absolute atomic E-state index is 0.139. The molecule has 23 heavy (non-hydrogen) atoms. The van der Waals surface area contributed by atoms with E-state index < -0.39 is 0 Å². The van der Waals surface area contributed by atoms with Crippen LogP contribution in [0.25, 0.3) is 0 Å². The summed E-state index contributed by atoms with van der Waals surface area (Å²) in [6.07, 6.45) is 1.67. The SMILES string of the molecule is O=C(C(=NNc1ccccn1)c1ccccc1)c1ccccc1. The van der Waals surface area contributed by atoms with E-state index in [-0.39, 0.29) is 5.78 Å². The predicted octanol–water partition coefficient (Wildman–Crippen LogP) is 3.78. The normalized spacial score (nSPS) is 11.0. The lowest BCUT2D eigenvalue weighted by atomic mass is 10.0. The van der Waals surface area contributed by atoms with E-state index in [4.69, 9.17) is 0 Å². The second kappa shape index (κ2) is 7.13. The van der Waals surface area contributed by atoms with Gasteiger partial charge in [-0.25, -0.2) is 4.98 Å². The van der Waals surface area contributed by atoms with E-state index >= 15 is 0 Å². The number of Topliss-reactive ketones (excluding diaryl/α,β-unsaturated/α-hetero) is 1. The molecule has 0 aliphatic heterocycles. The Hall–Kier alpha value is -3.27. The Morgan fingerprint density at radius 3 is 2.00 bits per heavy atom. The van der Waals surface area contributed by atoms with Crippen LogP contribution in [0, 0.1) is 0 Å². The van der Waals surface area contributed by atoms with E-state index in [2.05, 4.69) is 15.5 Å². The van der Waals surface area contributed by atoms with Gasteiger partial charge in [0.1, 0.15) is 11.5 Å². The number of hydrogen-bond donors (Lipinski definition) is 1. The van der Waals surface area contributed by atoms with Crippen molar-refractivity contribution in [2.45, 2.75) is 0 Å². The third-order valence-corrected chi connectivity index (χ3v) is 3.25. The predicted molar refractivity (Wildman–Crippen MR) is 91.6 cm³/mol. The molecule has 4 nitrogen and oxygen atoms in total. The summed E-state index contributed by atoms with van der Waals surface area (Å²) in [6.45, 7) is 0. The first-order valence-electron chi connectivity index (χ1n) is 7.24. The van der Waals surface area contributed by atoms with Crippen molar-refractivity contribution in [3.05, 3.63) is 96.2 Å².